The zero-order chi connectivity index (χ0) is 23.8. The van der Waals surface area contributed by atoms with Gasteiger partial charge in [0.05, 0.1) is 16.8 Å². The second-order valence-corrected chi connectivity index (χ2v) is 10.4. The van der Waals surface area contributed by atoms with Gasteiger partial charge in [-0.05, 0) is 55.0 Å². The van der Waals surface area contributed by atoms with Gasteiger partial charge in [-0.1, -0.05) is 36.9 Å². The third-order valence-electron chi connectivity index (χ3n) is 5.85. The summed E-state index contributed by atoms with van der Waals surface area (Å²) in [6.07, 6.45) is 2.86. The molecule has 5 nitrogen and oxygen atoms in total. The normalized spacial score (nSPS) is 15.3. The highest BCUT2D eigenvalue weighted by atomic mass is 32.2. The molecular weight excluding hydrogens is 476 g/mol. The Morgan fingerprint density at radius 1 is 1.21 bits per heavy atom. The van der Waals surface area contributed by atoms with Crippen LogP contribution in [0.2, 0.25) is 0 Å². The number of thiophene rings is 1. The number of benzene rings is 2. The summed E-state index contributed by atoms with van der Waals surface area (Å²) < 4.78 is 28.2. The Morgan fingerprint density at radius 2 is 2.00 bits per heavy atom. The number of carbonyl (C=O) groups excluding carboxylic acids is 1. The van der Waals surface area contributed by atoms with Crippen molar-refractivity contribution in [3.05, 3.63) is 81.0 Å². The molecule has 34 heavy (non-hydrogen) atoms. The van der Waals surface area contributed by atoms with E-state index in [1.165, 1.54) is 10.9 Å². The van der Waals surface area contributed by atoms with E-state index in [9.17, 15) is 18.4 Å². The maximum Gasteiger partial charge on any atom is 0.267 e. The Morgan fingerprint density at radius 3 is 2.76 bits per heavy atom. The van der Waals surface area contributed by atoms with Crippen LogP contribution in [0.5, 0.6) is 0 Å². The molecule has 2 aromatic carbocycles. The van der Waals surface area contributed by atoms with Crippen LogP contribution in [0.1, 0.15) is 23.8 Å². The molecule has 0 saturated carbocycles. The van der Waals surface area contributed by atoms with Crippen LogP contribution >= 0.6 is 23.1 Å². The molecule has 2 aromatic heterocycles. The highest BCUT2D eigenvalue weighted by Crippen LogP contribution is 2.37. The van der Waals surface area contributed by atoms with Crippen LogP contribution in [0.3, 0.4) is 0 Å². The van der Waals surface area contributed by atoms with E-state index < -0.39 is 17.5 Å². The lowest BCUT2D eigenvalue weighted by atomic mass is 9.89. The van der Waals surface area contributed by atoms with E-state index in [4.69, 9.17) is 4.98 Å². The van der Waals surface area contributed by atoms with Crippen LogP contribution in [0.4, 0.5) is 14.5 Å². The summed E-state index contributed by atoms with van der Waals surface area (Å²) in [6.45, 7) is 2.22. The third-order valence-corrected chi connectivity index (χ3v) is 7.94. The van der Waals surface area contributed by atoms with Crippen LogP contribution in [-0.4, -0.2) is 21.2 Å². The maximum atomic E-state index is 13.7. The zero-order valence-electron chi connectivity index (χ0n) is 18.3. The van der Waals surface area contributed by atoms with Crippen molar-refractivity contribution < 1.29 is 13.6 Å². The van der Waals surface area contributed by atoms with Crippen molar-refractivity contribution in [2.24, 2.45) is 5.92 Å². The molecule has 0 aliphatic heterocycles. The highest BCUT2D eigenvalue weighted by molar-refractivity contribution is 7.99. The number of carbonyl (C=O) groups is 1. The van der Waals surface area contributed by atoms with Gasteiger partial charge in [0.2, 0.25) is 5.91 Å². The van der Waals surface area contributed by atoms with Gasteiger partial charge < -0.3 is 5.32 Å². The highest BCUT2D eigenvalue weighted by Gasteiger charge is 2.25. The first-order valence-electron chi connectivity index (χ1n) is 10.9. The number of amides is 1. The fourth-order valence-electron chi connectivity index (χ4n) is 4.17. The van der Waals surface area contributed by atoms with Crippen molar-refractivity contribution in [3.8, 4) is 5.69 Å². The van der Waals surface area contributed by atoms with E-state index >= 15 is 0 Å². The summed E-state index contributed by atoms with van der Waals surface area (Å²) in [6, 6.07) is 12.4. The van der Waals surface area contributed by atoms with Gasteiger partial charge in [0.25, 0.3) is 5.56 Å². The second kappa shape index (κ2) is 9.31. The molecule has 5 rings (SSSR count). The van der Waals surface area contributed by atoms with Gasteiger partial charge in [-0.25, -0.2) is 13.8 Å². The molecule has 1 aliphatic carbocycles. The lowest BCUT2D eigenvalue weighted by Crippen LogP contribution is -2.23. The SMILES string of the molecule is CC1CCc2c(sc3nc(SCC(=O)Nc4ccc(F)c(F)c4)n(-c4ccccc4)c(=O)c23)C1. The van der Waals surface area contributed by atoms with Gasteiger partial charge in [-0.2, -0.15) is 0 Å². The molecule has 9 heteroatoms. The van der Waals surface area contributed by atoms with E-state index in [2.05, 4.69) is 12.2 Å². The van der Waals surface area contributed by atoms with Gasteiger partial charge >= 0.3 is 0 Å². The number of nitrogens with one attached hydrogen (secondary N) is 1. The Labute approximate surface area is 202 Å². The molecule has 1 atom stereocenters. The smallest absolute Gasteiger partial charge is 0.267 e. The fourth-order valence-corrected chi connectivity index (χ4v) is 6.41. The number of anilines is 1. The average Bonchev–Trinajstić information content (AvgIpc) is 3.18. The van der Waals surface area contributed by atoms with E-state index in [1.807, 2.05) is 30.3 Å². The van der Waals surface area contributed by atoms with Crippen LogP contribution in [0.25, 0.3) is 15.9 Å². The van der Waals surface area contributed by atoms with E-state index in [0.29, 0.717) is 27.0 Å². The molecule has 1 N–H and O–H groups in total. The topological polar surface area (TPSA) is 64.0 Å². The molecular formula is C25H21F2N3O2S2. The van der Waals surface area contributed by atoms with Gasteiger partial charge in [0.1, 0.15) is 4.83 Å². The zero-order valence-corrected chi connectivity index (χ0v) is 19.9. The van der Waals surface area contributed by atoms with Crippen molar-refractivity contribution in [2.45, 2.75) is 31.3 Å². The summed E-state index contributed by atoms with van der Waals surface area (Å²) >= 11 is 2.69. The van der Waals surface area contributed by atoms with E-state index in [0.717, 1.165) is 48.7 Å². The summed E-state index contributed by atoms with van der Waals surface area (Å²) in [7, 11) is 0. The monoisotopic (exact) mass is 497 g/mol. The molecule has 0 saturated heterocycles. The number of hydrogen-bond donors (Lipinski definition) is 1. The van der Waals surface area contributed by atoms with Crippen molar-refractivity contribution in [2.75, 3.05) is 11.1 Å². The van der Waals surface area contributed by atoms with Crippen molar-refractivity contribution in [1.82, 2.24) is 9.55 Å². The van der Waals surface area contributed by atoms with Gasteiger partial charge in [-0.3, -0.25) is 14.2 Å². The maximum absolute atomic E-state index is 13.7. The Hall–Kier alpha value is -3.04. The number of thioether (sulfide) groups is 1. The fraction of sp³-hybridized carbons (Fsp3) is 0.240. The van der Waals surface area contributed by atoms with Crippen LogP contribution < -0.4 is 10.9 Å². The third kappa shape index (κ3) is 4.37. The molecule has 0 fully saturated rings. The van der Waals surface area contributed by atoms with Gasteiger partial charge in [0, 0.05) is 16.6 Å². The predicted molar refractivity (Wildman–Crippen MR) is 132 cm³/mol. The number of halogens is 2. The minimum atomic E-state index is -1.04. The molecule has 174 valence electrons. The van der Waals surface area contributed by atoms with E-state index in [1.54, 1.807) is 15.9 Å². The lowest BCUT2D eigenvalue weighted by molar-refractivity contribution is -0.113. The van der Waals surface area contributed by atoms with Crippen molar-refractivity contribution in [3.63, 3.8) is 0 Å². The number of para-hydroxylation sites is 1. The van der Waals surface area contributed by atoms with Crippen molar-refractivity contribution in [1.29, 1.82) is 0 Å². The molecule has 2 heterocycles. The van der Waals surface area contributed by atoms with Crippen LogP contribution in [-0.2, 0) is 17.6 Å². The number of hydrogen-bond acceptors (Lipinski definition) is 5. The summed E-state index contributed by atoms with van der Waals surface area (Å²) in [5, 5.41) is 3.64. The molecule has 0 bridgehead atoms. The number of aryl methyl sites for hydroxylation is 1. The Balaban J connectivity index is 1.50. The lowest BCUT2D eigenvalue weighted by Gasteiger charge is -2.17. The molecule has 4 aromatic rings. The second-order valence-electron chi connectivity index (χ2n) is 8.37. The number of aromatic nitrogens is 2. The minimum Gasteiger partial charge on any atom is -0.325 e. The first-order valence-corrected chi connectivity index (χ1v) is 12.7. The Kier molecular flexibility index (Phi) is 6.22. The standard InChI is InChI=1S/C25H21F2N3O2S2/c1-14-7-9-17-20(11-14)34-23-22(17)24(32)30(16-5-3-2-4-6-16)25(29-23)33-13-21(31)28-15-8-10-18(26)19(27)12-15/h2-6,8,10,12,14H,7,9,11,13H2,1H3,(H,28,31). The van der Waals surface area contributed by atoms with Crippen LogP contribution in [0, 0.1) is 17.6 Å². The Bertz CT molecular complexity index is 1450. The molecule has 1 amide bonds. The number of fused-ring (bicyclic) bond motifs is 3. The summed E-state index contributed by atoms with van der Waals surface area (Å²) in [5.41, 5.74) is 1.81. The van der Waals surface area contributed by atoms with E-state index in [-0.39, 0.29) is 17.0 Å². The largest absolute Gasteiger partial charge is 0.325 e. The first kappa shape index (κ1) is 22.7. The summed E-state index contributed by atoms with van der Waals surface area (Å²) in [5.74, 6) is -1.91. The number of nitrogens with zero attached hydrogens (tertiary/aromatic N) is 2. The first-order chi connectivity index (χ1) is 16.4. The molecule has 0 spiro atoms. The molecule has 0 radical (unpaired) electrons. The molecule has 1 unspecified atom stereocenters. The quantitative estimate of drug-likeness (QED) is 0.289. The van der Waals surface area contributed by atoms with Crippen molar-refractivity contribution >= 4 is 44.9 Å². The average molecular weight is 498 g/mol. The predicted octanol–water partition coefficient (Wildman–Crippen LogP) is 5.58. The number of rotatable bonds is 5. The summed E-state index contributed by atoms with van der Waals surface area (Å²) in [4.78, 5) is 32.9. The van der Waals surface area contributed by atoms with Gasteiger partial charge in [0.15, 0.2) is 16.8 Å². The van der Waals surface area contributed by atoms with Crippen LogP contribution in [0.15, 0.2) is 58.5 Å². The minimum absolute atomic E-state index is 0.0497. The molecule has 1 aliphatic rings. The van der Waals surface area contributed by atoms with Gasteiger partial charge in [-0.15, -0.1) is 11.3 Å².